The first-order valence-electron chi connectivity index (χ1n) is 9.31. The number of amides is 1. The smallest absolute Gasteiger partial charge is 0.272 e. The number of piperazine rings is 1. The van der Waals surface area contributed by atoms with Crippen LogP contribution < -0.4 is 0 Å². The fourth-order valence-corrected chi connectivity index (χ4v) is 5.53. The van der Waals surface area contributed by atoms with Gasteiger partial charge in [0, 0.05) is 31.9 Å². The number of rotatable bonds is 4. The van der Waals surface area contributed by atoms with Gasteiger partial charge in [0.05, 0.1) is 22.6 Å². The zero-order valence-corrected chi connectivity index (χ0v) is 18.4. The standard InChI is InChI=1S/C20H17Cl2FN4O3S/c21-16-2-1-3-18(19(16)22)31(29,30)26-10-8-25(9-11-26)20(28)17-12-24-13-27(17)15-6-4-14(23)5-7-15/h1-7,12-13H,8-11H2. The van der Waals surface area contributed by atoms with E-state index in [-0.39, 0.29) is 52.8 Å². The van der Waals surface area contributed by atoms with Gasteiger partial charge in [0.2, 0.25) is 10.0 Å². The van der Waals surface area contributed by atoms with Gasteiger partial charge in [-0.15, -0.1) is 0 Å². The lowest BCUT2D eigenvalue weighted by molar-refractivity contribution is 0.0690. The van der Waals surface area contributed by atoms with E-state index in [0.29, 0.717) is 11.4 Å². The molecule has 0 unspecified atom stereocenters. The molecule has 1 aliphatic heterocycles. The van der Waals surface area contributed by atoms with Gasteiger partial charge in [0.25, 0.3) is 5.91 Å². The van der Waals surface area contributed by atoms with E-state index >= 15 is 0 Å². The molecule has 0 N–H and O–H groups in total. The molecule has 1 aromatic heterocycles. The molecule has 2 aromatic carbocycles. The van der Waals surface area contributed by atoms with Crippen LogP contribution in [-0.2, 0) is 10.0 Å². The van der Waals surface area contributed by atoms with Gasteiger partial charge in [0.1, 0.15) is 16.4 Å². The highest BCUT2D eigenvalue weighted by Gasteiger charge is 2.33. The summed E-state index contributed by atoms with van der Waals surface area (Å²) in [4.78, 5) is 18.6. The van der Waals surface area contributed by atoms with Gasteiger partial charge in [-0.3, -0.25) is 9.36 Å². The van der Waals surface area contributed by atoms with Crippen molar-refractivity contribution in [3.8, 4) is 5.69 Å². The Hall–Kier alpha value is -2.46. The maximum absolute atomic E-state index is 13.2. The van der Waals surface area contributed by atoms with Gasteiger partial charge in [-0.2, -0.15) is 4.31 Å². The number of halogens is 3. The summed E-state index contributed by atoms with van der Waals surface area (Å²) in [5, 5.41) is 0.136. The summed E-state index contributed by atoms with van der Waals surface area (Å²) >= 11 is 12.1. The van der Waals surface area contributed by atoms with Crippen molar-refractivity contribution in [1.29, 1.82) is 0 Å². The van der Waals surface area contributed by atoms with Gasteiger partial charge >= 0.3 is 0 Å². The summed E-state index contributed by atoms with van der Waals surface area (Å²) in [6, 6.07) is 10.1. The number of aromatic nitrogens is 2. The van der Waals surface area contributed by atoms with Crippen molar-refractivity contribution in [2.24, 2.45) is 0 Å². The lowest BCUT2D eigenvalue weighted by atomic mass is 10.2. The fourth-order valence-electron chi connectivity index (χ4n) is 3.38. The molecular weight excluding hydrogens is 466 g/mol. The molecule has 162 valence electrons. The molecule has 0 aliphatic carbocycles. The summed E-state index contributed by atoms with van der Waals surface area (Å²) in [6.07, 6.45) is 2.91. The monoisotopic (exact) mass is 482 g/mol. The lowest BCUT2D eigenvalue weighted by Crippen LogP contribution is -2.50. The minimum Gasteiger partial charge on any atom is -0.335 e. The largest absolute Gasteiger partial charge is 0.335 e. The van der Waals surface area contributed by atoms with Gasteiger partial charge in [-0.05, 0) is 36.4 Å². The van der Waals surface area contributed by atoms with E-state index in [4.69, 9.17) is 23.2 Å². The molecule has 1 saturated heterocycles. The van der Waals surface area contributed by atoms with Crippen LogP contribution in [0.1, 0.15) is 10.5 Å². The average molecular weight is 483 g/mol. The number of carbonyl (C=O) groups is 1. The van der Waals surface area contributed by atoms with Crippen molar-refractivity contribution in [1.82, 2.24) is 18.8 Å². The summed E-state index contributed by atoms with van der Waals surface area (Å²) in [5.74, 6) is -0.673. The maximum Gasteiger partial charge on any atom is 0.272 e. The Balaban J connectivity index is 1.50. The minimum absolute atomic E-state index is 0.0223. The normalized spacial score (nSPS) is 15.3. The Morgan fingerprint density at radius 3 is 2.35 bits per heavy atom. The van der Waals surface area contributed by atoms with Gasteiger partial charge in [-0.25, -0.2) is 17.8 Å². The van der Waals surface area contributed by atoms with Crippen molar-refractivity contribution in [2.45, 2.75) is 4.90 Å². The van der Waals surface area contributed by atoms with E-state index in [2.05, 4.69) is 4.98 Å². The molecule has 31 heavy (non-hydrogen) atoms. The van der Waals surface area contributed by atoms with Crippen LogP contribution in [0.5, 0.6) is 0 Å². The summed E-state index contributed by atoms with van der Waals surface area (Å²) in [6.45, 7) is 0.624. The molecule has 1 fully saturated rings. The molecule has 7 nitrogen and oxygen atoms in total. The molecule has 0 saturated carbocycles. The highest BCUT2D eigenvalue weighted by molar-refractivity contribution is 7.89. The quantitative estimate of drug-likeness (QED) is 0.570. The number of benzene rings is 2. The predicted molar refractivity (Wildman–Crippen MR) is 115 cm³/mol. The van der Waals surface area contributed by atoms with Crippen molar-refractivity contribution in [2.75, 3.05) is 26.2 Å². The van der Waals surface area contributed by atoms with Crippen molar-refractivity contribution in [3.63, 3.8) is 0 Å². The Morgan fingerprint density at radius 2 is 1.68 bits per heavy atom. The molecule has 4 rings (SSSR count). The summed E-state index contributed by atoms with van der Waals surface area (Å²) in [5.41, 5.74) is 0.903. The Labute approximate surface area is 188 Å². The Bertz CT molecular complexity index is 1220. The van der Waals surface area contributed by atoms with Crippen LogP contribution in [0.4, 0.5) is 4.39 Å². The second kappa shape index (κ2) is 8.58. The number of hydrogen-bond acceptors (Lipinski definition) is 4. The Kier molecular flexibility index (Phi) is 6.02. The van der Waals surface area contributed by atoms with Crippen LogP contribution in [0.3, 0.4) is 0 Å². The molecule has 2 heterocycles. The zero-order chi connectivity index (χ0) is 22.2. The first-order valence-corrected chi connectivity index (χ1v) is 11.5. The molecule has 0 atom stereocenters. The summed E-state index contributed by atoms with van der Waals surface area (Å²) in [7, 11) is -3.85. The average Bonchev–Trinajstić information content (AvgIpc) is 3.25. The number of sulfonamides is 1. The van der Waals surface area contributed by atoms with Crippen LogP contribution in [0.2, 0.25) is 10.0 Å². The van der Waals surface area contributed by atoms with Gasteiger partial charge in [0.15, 0.2) is 0 Å². The van der Waals surface area contributed by atoms with Gasteiger partial charge in [-0.1, -0.05) is 29.3 Å². The highest BCUT2D eigenvalue weighted by atomic mass is 35.5. The fraction of sp³-hybridized carbons (Fsp3) is 0.200. The predicted octanol–water partition coefficient (Wildman–Crippen LogP) is 3.46. The number of carbonyl (C=O) groups excluding carboxylic acids is 1. The topological polar surface area (TPSA) is 75.5 Å². The third-order valence-corrected chi connectivity index (χ3v) is 7.89. The Morgan fingerprint density at radius 1 is 1.00 bits per heavy atom. The third kappa shape index (κ3) is 4.18. The van der Waals surface area contributed by atoms with E-state index < -0.39 is 10.0 Å². The second-order valence-corrected chi connectivity index (χ2v) is 9.57. The van der Waals surface area contributed by atoms with Crippen LogP contribution in [0.15, 0.2) is 59.9 Å². The van der Waals surface area contributed by atoms with Crippen molar-refractivity contribution < 1.29 is 17.6 Å². The van der Waals surface area contributed by atoms with Crippen LogP contribution in [0, 0.1) is 5.82 Å². The molecule has 11 heteroatoms. The van der Waals surface area contributed by atoms with E-state index in [1.165, 1.54) is 47.2 Å². The SMILES string of the molecule is O=C(c1cncn1-c1ccc(F)cc1)N1CCN(S(=O)(=O)c2cccc(Cl)c2Cl)CC1. The maximum atomic E-state index is 13.2. The molecule has 0 bridgehead atoms. The van der Waals surface area contributed by atoms with Gasteiger partial charge < -0.3 is 4.90 Å². The number of imidazole rings is 1. The molecule has 3 aromatic rings. The molecule has 0 radical (unpaired) electrons. The van der Waals surface area contributed by atoms with E-state index in [1.54, 1.807) is 21.6 Å². The molecule has 0 spiro atoms. The van der Waals surface area contributed by atoms with Crippen molar-refractivity contribution >= 4 is 39.1 Å². The minimum atomic E-state index is -3.85. The van der Waals surface area contributed by atoms with Crippen LogP contribution in [-0.4, -0.2) is 59.3 Å². The van der Waals surface area contributed by atoms with Crippen LogP contribution >= 0.6 is 23.2 Å². The highest BCUT2D eigenvalue weighted by Crippen LogP contribution is 2.31. The zero-order valence-electron chi connectivity index (χ0n) is 16.1. The van der Waals surface area contributed by atoms with E-state index in [9.17, 15) is 17.6 Å². The molecule has 1 aliphatic rings. The van der Waals surface area contributed by atoms with E-state index in [0.717, 1.165) is 0 Å². The third-order valence-electron chi connectivity index (χ3n) is 5.02. The second-order valence-electron chi connectivity index (χ2n) is 6.87. The van der Waals surface area contributed by atoms with Crippen molar-refractivity contribution in [3.05, 3.63) is 76.5 Å². The number of hydrogen-bond donors (Lipinski definition) is 0. The lowest BCUT2D eigenvalue weighted by Gasteiger charge is -2.34. The number of nitrogens with zero attached hydrogens (tertiary/aromatic N) is 4. The summed E-state index contributed by atoms with van der Waals surface area (Å²) < 4.78 is 42.0. The first kappa shape index (κ1) is 21.8. The molecule has 1 amide bonds. The van der Waals surface area contributed by atoms with Crippen LogP contribution in [0.25, 0.3) is 5.69 Å². The van der Waals surface area contributed by atoms with E-state index in [1.807, 2.05) is 0 Å². The first-order chi connectivity index (χ1) is 14.8. The molecular formula is C20H17Cl2FN4O3S.